The molecule has 2 fully saturated rings. The minimum atomic E-state index is 0.0923. The van der Waals surface area contributed by atoms with Crippen molar-refractivity contribution < 1.29 is 14.3 Å². The molecule has 0 atom stereocenters. The van der Waals surface area contributed by atoms with Crippen molar-refractivity contribution in [3.05, 3.63) is 18.2 Å². The SMILES string of the molecule is COc1ccc2sc(N3CC(C(=O)N4CCOCC4)C3)nc2c1. The van der Waals surface area contributed by atoms with E-state index in [9.17, 15) is 4.79 Å². The highest BCUT2D eigenvalue weighted by Crippen LogP contribution is 2.34. The predicted octanol–water partition coefficient (Wildman–Crippen LogP) is 1.60. The molecule has 7 heteroatoms. The van der Waals surface area contributed by atoms with Crippen molar-refractivity contribution in [3.63, 3.8) is 0 Å². The molecular formula is C16H19N3O3S. The third-order valence-corrected chi connectivity index (χ3v) is 5.50. The molecule has 1 aromatic carbocycles. The maximum absolute atomic E-state index is 12.4. The highest BCUT2D eigenvalue weighted by atomic mass is 32.1. The number of rotatable bonds is 3. The fourth-order valence-corrected chi connectivity index (χ4v) is 3.95. The number of methoxy groups -OCH3 is 1. The van der Waals surface area contributed by atoms with Gasteiger partial charge in [0.15, 0.2) is 5.13 Å². The lowest BCUT2D eigenvalue weighted by Crippen LogP contribution is -2.56. The van der Waals surface area contributed by atoms with E-state index >= 15 is 0 Å². The van der Waals surface area contributed by atoms with Gasteiger partial charge in [0.05, 0.1) is 36.5 Å². The van der Waals surface area contributed by atoms with Crippen LogP contribution < -0.4 is 9.64 Å². The average molecular weight is 333 g/mol. The van der Waals surface area contributed by atoms with Gasteiger partial charge in [-0.2, -0.15) is 0 Å². The summed E-state index contributed by atoms with van der Waals surface area (Å²) in [6.07, 6.45) is 0. The van der Waals surface area contributed by atoms with Gasteiger partial charge >= 0.3 is 0 Å². The first-order valence-electron chi connectivity index (χ1n) is 7.80. The summed E-state index contributed by atoms with van der Waals surface area (Å²) in [7, 11) is 1.66. The number of hydrogen-bond donors (Lipinski definition) is 0. The van der Waals surface area contributed by atoms with Crippen LogP contribution in [0.4, 0.5) is 5.13 Å². The van der Waals surface area contributed by atoms with Crippen LogP contribution in [-0.2, 0) is 9.53 Å². The molecule has 1 amide bonds. The van der Waals surface area contributed by atoms with E-state index in [1.807, 2.05) is 23.1 Å². The quantitative estimate of drug-likeness (QED) is 0.854. The number of carbonyl (C=O) groups excluding carboxylic acids is 1. The molecular weight excluding hydrogens is 314 g/mol. The Hall–Kier alpha value is -1.86. The molecule has 0 saturated carbocycles. The van der Waals surface area contributed by atoms with Crippen molar-refractivity contribution in [2.24, 2.45) is 5.92 Å². The summed E-state index contributed by atoms with van der Waals surface area (Å²) in [4.78, 5) is 21.2. The van der Waals surface area contributed by atoms with E-state index < -0.39 is 0 Å². The van der Waals surface area contributed by atoms with Gasteiger partial charge in [0.25, 0.3) is 0 Å². The molecule has 122 valence electrons. The number of thiazole rings is 1. The molecule has 1 aromatic heterocycles. The lowest BCUT2D eigenvalue weighted by molar-refractivity contribution is -0.140. The van der Waals surface area contributed by atoms with Gasteiger partial charge in [-0.1, -0.05) is 11.3 Å². The summed E-state index contributed by atoms with van der Waals surface area (Å²) in [5.74, 6) is 1.17. The normalized spacial score (nSPS) is 19.0. The molecule has 23 heavy (non-hydrogen) atoms. The third-order valence-electron chi connectivity index (χ3n) is 4.41. The van der Waals surface area contributed by atoms with Gasteiger partial charge in [-0.3, -0.25) is 4.79 Å². The van der Waals surface area contributed by atoms with Crippen LogP contribution in [0.3, 0.4) is 0 Å². The smallest absolute Gasteiger partial charge is 0.229 e. The first kappa shape index (κ1) is 14.7. The highest BCUT2D eigenvalue weighted by molar-refractivity contribution is 7.22. The first-order valence-corrected chi connectivity index (χ1v) is 8.62. The number of ether oxygens (including phenoxy) is 2. The molecule has 0 radical (unpaired) electrons. The number of carbonyl (C=O) groups is 1. The molecule has 0 spiro atoms. The van der Waals surface area contributed by atoms with Crippen LogP contribution in [0, 0.1) is 5.92 Å². The lowest BCUT2D eigenvalue weighted by atomic mass is 9.99. The first-order chi connectivity index (χ1) is 11.2. The van der Waals surface area contributed by atoms with Gasteiger partial charge in [0.1, 0.15) is 5.75 Å². The Morgan fingerprint density at radius 1 is 1.35 bits per heavy atom. The zero-order valence-corrected chi connectivity index (χ0v) is 13.8. The molecule has 2 aromatic rings. The van der Waals surface area contributed by atoms with Crippen LogP contribution >= 0.6 is 11.3 Å². The van der Waals surface area contributed by atoms with E-state index in [1.165, 1.54) is 0 Å². The van der Waals surface area contributed by atoms with Crippen LogP contribution in [0.1, 0.15) is 0 Å². The zero-order chi connectivity index (χ0) is 15.8. The summed E-state index contributed by atoms with van der Waals surface area (Å²) in [6, 6.07) is 5.93. The maximum atomic E-state index is 12.4. The van der Waals surface area contributed by atoms with E-state index in [0.717, 1.165) is 47.3 Å². The van der Waals surface area contributed by atoms with Gasteiger partial charge in [0, 0.05) is 32.2 Å². The van der Waals surface area contributed by atoms with Gasteiger partial charge in [-0.15, -0.1) is 0 Å². The van der Waals surface area contributed by atoms with E-state index in [0.29, 0.717) is 13.2 Å². The topological polar surface area (TPSA) is 54.9 Å². The van der Waals surface area contributed by atoms with Gasteiger partial charge in [-0.05, 0) is 12.1 Å². The monoisotopic (exact) mass is 333 g/mol. The number of morpholine rings is 1. The Labute approximate surface area is 138 Å². The van der Waals surface area contributed by atoms with Crippen LogP contribution in [0.15, 0.2) is 18.2 Å². The summed E-state index contributed by atoms with van der Waals surface area (Å²) in [5.41, 5.74) is 0.951. The minimum absolute atomic E-state index is 0.0923. The number of anilines is 1. The lowest BCUT2D eigenvalue weighted by Gasteiger charge is -2.41. The number of benzene rings is 1. The molecule has 0 bridgehead atoms. The summed E-state index contributed by atoms with van der Waals surface area (Å²) < 4.78 is 11.7. The minimum Gasteiger partial charge on any atom is -0.497 e. The number of aromatic nitrogens is 1. The third kappa shape index (κ3) is 2.74. The van der Waals surface area contributed by atoms with Crippen molar-refractivity contribution in [2.45, 2.75) is 0 Å². The Kier molecular flexibility index (Phi) is 3.82. The summed E-state index contributed by atoms with van der Waals surface area (Å²) in [6.45, 7) is 4.26. The maximum Gasteiger partial charge on any atom is 0.229 e. The van der Waals surface area contributed by atoms with E-state index in [2.05, 4.69) is 9.88 Å². The summed E-state index contributed by atoms with van der Waals surface area (Å²) in [5, 5.41) is 0.985. The van der Waals surface area contributed by atoms with E-state index in [-0.39, 0.29) is 11.8 Å². The second-order valence-electron chi connectivity index (χ2n) is 5.87. The number of hydrogen-bond acceptors (Lipinski definition) is 6. The van der Waals surface area contributed by atoms with Crippen molar-refractivity contribution in [1.29, 1.82) is 0 Å². The Morgan fingerprint density at radius 2 is 2.13 bits per heavy atom. The van der Waals surface area contributed by atoms with Crippen molar-refractivity contribution in [3.8, 4) is 5.75 Å². The van der Waals surface area contributed by atoms with Gasteiger partial charge in [-0.25, -0.2) is 4.98 Å². The number of fused-ring (bicyclic) bond motifs is 1. The molecule has 0 unspecified atom stereocenters. The Balaban J connectivity index is 1.42. The predicted molar refractivity (Wildman–Crippen MR) is 89.3 cm³/mol. The molecule has 0 N–H and O–H groups in total. The zero-order valence-electron chi connectivity index (χ0n) is 13.0. The van der Waals surface area contributed by atoms with Crippen LogP contribution in [0.5, 0.6) is 5.75 Å². The van der Waals surface area contributed by atoms with Crippen LogP contribution in [0.25, 0.3) is 10.2 Å². The van der Waals surface area contributed by atoms with E-state index in [1.54, 1.807) is 18.4 Å². The molecule has 3 heterocycles. The molecule has 0 aliphatic carbocycles. The summed E-state index contributed by atoms with van der Waals surface area (Å²) >= 11 is 1.66. The van der Waals surface area contributed by atoms with Crippen molar-refractivity contribution in [2.75, 3.05) is 51.4 Å². The Bertz CT molecular complexity index is 720. The van der Waals surface area contributed by atoms with Gasteiger partial charge < -0.3 is 19.3 Å². The average Bonchev–Trinajstić information content (AvgIpc) is 2.96. The Morgan fingerprint density at radius 3 is 2.87 bits per heavy atom. The molecule has 2 aliphatic heterocycles. The highest BCUT2D eigenvalue weighted by Gasteiger charge is 2.37. The second kappa shape index (κ2) is 5.98. The van der Waals surface area contributed by atoms with Crippen molar-refractivity contribution in [1.82, 2.24) is 9.88 Å². The van der Waals surface area contributed by atoms with Crippen LogP contribution in [-0.4, -0.2) is 62.3 Å². The molecule has 2 aliphatic rings. The number of amides is 1. The molecule has 2 saturated heterocycles. The largest absolute Gasteiger partial charge is 0.497 e. The van der Waals surface area contributed by atoms with Gasteiger partial charge in [0.2, 0.25) is 5.91 Å². The van der Waals surface area contributed by atoms with E-state index in [4.69, 9.17) is 9.47 Å². The fraction of sp³-hybridized carbons (Fsp3) is 0.500. The van der Waals surface area contributed by atoms with Crippen LogP contribution in [0.2, 0.25) is 0 Å². The fourth-order valence-electron chi connectivity index (χ4n) is 2.99. The number of nitrogens with zero attached hydrogens (tertiary/aromatic N) is 3. The molecule has 6 nitrogen and oxygen atoms in total. The standard InChI is InChI=1S/C16H19N3O3S/c1-21-12-2-3-14-13(8-12)17-16(23-14)19-9-11(10-19)15(20)18-4-6-22-7-5-18/h2-3,8,11H,4-7,9-10H2,1H3. The second-order valence-corrected chi connectivity index (χ2v) is 6.88. The molecule has 4 rings (SSSR count). The van der Waals surface area contributed by atoms with Crippen molar-refractivity contribution >= 4 is 32.6 Å².